The molecule has 1 fully saturated rings. The van der Waals surface area contributed by atoms with Crippen LogP contribution < -0.4 is 4.74 Å². The Kier molecular flexibility index (Phi) is 8.62. The summed E-state index contributed by atoms with van der Waals surface area (Å²) < 4.78 is 17.4. The molecule has 1 aliphatic rings. The minimum Gasteiger partial charge on any atom is -0.497 e. The highest BCUT2D eigenvalue weighted by Crippen LogP contribution is 2.33. The number of unbranched alkanes of at least 4 members (excludes halogenated alkanes) is 3. The van der Waals surface area contributed by atoms with Gasteiger partial charge in [-0.15, -0.1) is 0 Å². The summed E-state index contributed by atoms with van der Waals surface area (Å²) in [6, 6.07) is 8.44. The van der Waals surface area contributed by atoms with E-state index in [2.05, 4.69) is 26.0 Å². The van der Waals surface area contributed by atoms with Crippen molar-refractivity contribution in [3.8, 4) is 5.75 Å². The number of benzene rings is 1. The van der Waals surface area contributed by atoms with Crippen LogP contribution in [-0.4, -0.2) is 26.1 Å². The van der Waals surface area contributed by atoms with E-state index >= 15 is 0 Å². The molecule has 0 bridgehead atoms. The molecule has 0 saturated carbocycles. The SMILES string of the molecule is CCCCC[C@H]1OC(OCCCC)C[C@@H]1Cc1ccc(OC)cc1. The third-order valence-electron chi connectivity index (χ3n) is 4.90. The predicted molar refractivity (Wildman–Crippen MR) is 98.5 cm³/mol. The summed E-state index contributed by atoms with van der Waals surface area (Å²) in [5, 5.41) is 0. The Hall–Kier alpha value is -1.06. The molecule has 1 aromatic carbocycles. The van der Waals surface area contributed by atoms with E-state index < -0.39 is 0 Å². The topological polar surface area (TPSA) is 27.7 Å². The Morgan fingerprint density at radius 3 is 2.46 bits per heavy atom. The molecule has 1 saturated heterocycles. The lowest BCUT2D eigenvalue weighted by atomic mass is 9.90. The summed E-state index contributed by atoms with van der Waals surface area (Å²) in [5.41, 5.74) is 1.36. The standard InChI is InChI=1S/C21H34O3/c1-4-6-8-9-20-18(16-21(24-20)23-14-7-5-2)15-17-10-12-19(22-3)13-11-17/h10-13,18,20-21H,4-9,14-16H2,1-3H3/t18-,20+,21?/m0/s1. The van der Waals surface area contributed by atoms with E-state index in [4.69, 9.17) is 14.2 Å². The Labute approximate surface area is 147 Å². The highest BCUT2D eigenvalue weighted by atomic mass is 16.7. The van der Waals surface area contributed by atoms with Crippen LogP contribution >= 0.6 is 0 Å². The molecule has 1 unspecified atom stereocenters. The fourth-order valence-electron chi connectivity index (χ4n) is 3.41. The fourth-order valence-corrected chi connectivity index (χ4v) is 3.41. The van der Waals surface area contributed by atoms with Gasteiger partial charge in [-0.2, -0.15) is 0 Å². The molecule has 24 heavy (non-hydrogen) atoms. The van der Waals surface area contributed by atoms with Crippen molar-refractivity contribution < 1.29 is 14.2 Å². The van der Waals surface area contributed by atoms with Gasteiger partial charge in [0.05, 0.1) is 13.2 Å². The van der Waals surface area contributed by atoms with Gasteiger partial charge in [0.1, 0.15) is 5.75 Å². The van der Waals surface area contributed by atoms with Crippen LogP contribution in [0.3, 0.4) is 0 Å². The quantitative estimate of drug-likeness (QED) is 0.509. The Morgan fingerprint density at radius 1 is 1.04 bits per heavy atom. The molecule has 3 nitrogen and oxygen atoms in total. The molecule has 1 heterocycles. The molecule has 0 spiro atoms. The summed E-state index contributed by atoms with van der Waals surface area (Å²) in [7, 11) is 1.71. The molecule has 3 atom stereocenters. The first-order valence-electron chi connectivity index (χ1n) is 9.66. The first-order chi connectivity index (χ1) is 11.8. The first-order valence-corrected chi connectivity index (χ1v) is 9.66. The number of ether oxygens (including phenoxy) is 3. The molecule has 2 rings (SSSR count). The highest BCUT2D eigenvalue weighted by molar-refractivity contribution is 5.27. The second-order valence-electron chi connectivity index (χ2n) is 6.87. The summed E-state index contributed by atoms with van der Waals surface area (Å²) in [5.74, 6) is 1.48. The zero-order chi connectivity index (χ0) is 17.2. The maximum absolute atomic E-state index is 6.24. The monoisotopic (exact) mass is 334 g/mol. The van der Waals surface area contributed by atoms with Crippen LogP contribution in [0.5, 0.6) is 5.75 Å². The summed E-state index contributed by atoms with van der Waals surface area (Å²) in [6.07, 6.45) is 9.65. The van der Waals surface area contributed by atoms with Gasteiger partial charge in [-0.3, -0.25) is 0 Å². The Morgan fingerprint density at radius 2 is 1.79 bits per heavy atom. The van der Waals surface area contributed by atoms with Crippen molar-refractivity contribution in [3.63, 3.8) is 0 Å². The van der Waals surface area contributed by atoms with Crippen LogP contribution in [0.1, 0.15) is 64.4 Å². The molecule has 0 aliphatic carbocycles. The minimum absolute atomic E-state index is 0.00794. The number of rotatable bonds is 11. The lowest BCUT2D eigenvalue weighted by Gasteiger charge is -2.18. The van der Waals surface area contributed by atoms with Gasteiger partial charge in [-0.1, -0.05) is 51.7 Å². The van der Waals surface area contributed by atoms with Crippen molar-refractivity contribution in [2.24, 2.45) is 5.92 Å². The average molecular weight is 334 g/mol. The van der Waals surface area contributed by atoms with Gasteiger partial charge in [0, 0.05) is 13.0 Å². The van der Waals surface area contributed by atoms with E-state index in [0.29, 0.717) is 12.0 Å². The van der Waals surface area contributed by atoms with Gasteiger partial charge in [0.2, 0.25) is 0 Å². The number of hydrogen-bond acceptors (Lipinski definition) is 3. The third kappa shape index (κ3) is 6.10. The van der Waals surface area contributed by atoms with Crippen LogP contribution in [0.25, 0.3) is 0 Å². The van der Waals surface area contributed by atoms with Crippen molar-refractivity contribution >= 4 is 0 Å². The molecule has 3 heteroatoms. The summed E-state index contributed by atoms with van der Waals surface area (Å²) >= 11 is 0. The maximum Gasteiger partial charge on any atom is 0.158 e. The van der Waals surface area contributed by atoms with Gasteiger partial charge in [0.25, 0.3) is 0 Å². The predicted octanol–water partition coefficient (Wildman–Crippen LogP) is 5.37. The Bertz CT molecular complexity index is 443. The Balaban J connectivity index is 1.91. The second kappa shape index (κ2) is 10.7. The zero-order valence-corrected chi connectivity index (χ0v) is 15.6. The molecule has 0 radical (unpaired) electrons. The van der Waals surface area contributed by atoms with Crippen LogP contribution in [0.4, 0.5) is 0 Å². The van der Waals surface area contributed by atoms with Crippen LogP contribution in [0.2, 0.25) is 0 Å². The van der Waals surface area contributed by atoms with Crippen molar-refractivity contribution in [1.29, 1.82) is 0 Å². The molecule has 0 aromatic heterocycles. The van der Waals surface area contributed by atoms with Gasteiger partial charge in [0.15, 0.2) is 6.29 Å². The van der Waals surface area contributed by atoms with Crippen LogP contribution in [0.15, 0.2) is 24.3 Å². The number of hydrogen-bond donors (Lipinski definition) is 0. The first kappa shape index (κ1) is 19.3. The van der Waals surface area contributed by atoms with Crippen LogP contribution in [0, 0.1) is 5.92 Å². The zero-order valence-electron chi connectivity index (χ0n) is 15.6. The lowest BCUT2D eigenvalue weighted by Crippen LogP contribution is -2.18. The van der Waals surface area contributed by atoms with E-state index in [1.807, 2.05) is 12.1 Å². The fraction of sp³-hybridized carbons (Fsp3) is 0.714. The van der Waals surface area contributed by atoms with Crippen molar-refractivity contribution in [1.82, 2.24) is 0 Å². The third-order valence-corrected chi connectivity index (χ3v) is 4.90. The molecule has 136 valence electrons. The van der Waals surface area contributed by atoms with E-state index in [1.54, 1.807) is 7.11 Å². The highest BCUT2D eigenvalue weighted by Gasteiger charge is 2.35. The molecule has 0 N–H and O–H groups in total. The second-order valence-corrected chi connectivity index (χ2v) is 6.87. The lowest BCUT2D eigenvalue weighted by molar-refractivity contribution is -0.136. The smallest absolute Gasteiger partial charge is 0.158 e. The number of methoxy groups -OCH3 is 1. The largest absolute Gasteiger partial charge is 0.497 e. The van der Waals surface area contributed by atoms with E-state index in [0.717, 1.165) is 38.0 Å². The van der Waals surface area contributed by atoms with Gasteiger partial charge in [-0.05, 0) is 42.9 Å². The summed E-state index contributed by atoms with van der Waals surface area (Å²) in [4.78, 5) is 0. The van der Waals surface area contributed by atoms with E-state index in [9.17, 15) is 0 Å². The molecular formula is C21H34O3. The van der Waals surface area contributed by atoms with Crippen molar-refractivity contribution in [3.05, 3.63) is 29.8 Å². The summed E-state index contributed by atoms with van der Waals surface area (Å²) in [6.45, 7) is 5.26. The minimum atomic E-state index is -0.00794. The average Bonchev–Trinajstić information content (AvgIpc) is 2.98. The van der Waals surface area contributed by atoms with E-state index in [1.165, 1.54) is 31.2 Å². The van der Waals surface area contributed by atoms with Gasteiger partial charge >= 0.3 is 0 Å². The molecule has 1 aromatic rings. The molecule has 1 aliphatic heterocycles. The molecular weight excluding hydrogens is 300 g/mol. The van der Waals surface area contributed by atoms with E-state index in [-0.39, 0.29) is 6.29 Å². The van der Waals surface area contributed by atoms with Crippen LogP contribution in [-0.2, 0) is 15.9 Å². The maximum atomic E-state index is 6.24. The molecule has 0 amide bonds. The normalized spacial score (nSPS) is 23.5. The van der Waals surface area contributed by atoms with Crippen molar-refractivity contribution in [2.75, 3.05) is 13.7 Å². The van der Waals surface area contributed by atoms with Gasteiger partial charge < -0.3 is 14.2 Å². The van der Waals surface area contributed by atoms with Gasteiger partial charge in [-0.25, -0.2) is 0 Å². The van der Waals surface area contributed by atoms with Crippen molar-refractivity contribution in [2.45, 2.75) is 77.6 Å².